The number of nitrogens with two attached hydrogens (primary N) is 1. The van der Waals surface area contributed by atoms with Gasteiger partial charge in [-0.15, -0.1) is 0 Å². The van der Waals surface area contributed by atoms with E-state index in [0.717, 1.165) is 0 Å². The normalized spacial score (nSPS) is 19.2. The second-order valence-electron chi connectivity index (χ2n) is 3.94. The first kappa shape index (κ1) is 12.8. The molecule has 0 spiro atoms. The van der Waals surface area contributed by atoms with Crippen molar-refractivity contribution in [2.24, 2.45) is 5.73 Å². The van der Waals surface area contributed by atoms with Gasteiger partial charge in [0.15, 0.2) is 0 Å². The Labute approximate surface area is 95.8 Å². The van der Waals surface area contributed by atoms with Crippen molar-refractivity contribution in [3.8, 4) is 0 Å². The summed E-state index contributed by atoms with van der Waals surface area (Å²) in [6.45, 7) is 7.00. The van der Waals surface area contributed by atoms with Gasteiger partial charge in [-0.2, -0.15) is 0 Å². The molecule has 1 unspecified atom stereocenters. The SMILES string of the molecule is CCNC(=O)N1CCN(C(C)C(N)=O)CC1. The largest absolute Gasteiger partial charge is 0.368 e. The molecule has 16 heavy (non-hydrogen) atoms. The highest BCUT2D eigenvalue weighted by atomic mass is 16.2. The molecule has 0 aromatic rings. The van der Waals surface area contributed by atoms with Crippen LogP contribution in [0.25, 0.3) is 0 Å². The number of rotatable bonds is 3. The number of nitrogens with zero attached hydrogens (tertiary/aromatic N) is 2. The van der Waals surface area contributed by atoms with Crippen molar-refractivity contribution in [3.63, 3.8) is 0 Å². The lowest BCUT2D eigenvalue weighted by Gasteiger charge is -2.36. The average Bonchev–Trinajstić information content (AvgIpc) is 2.28. The molecule has 0 saturated carbocycles. The van der Waals surface area contributed by atoms with Crippen LogP contribution in [0.1, 0.15) is 13.8 Å². The summed E-state index contributed by atoms with van der Waals surface area (Å²) in [4.78, 5) is 26.3. The molecular formula is C10H20N4O2. The van der Waals surface area contributed by atoms with Crippen molar-refractivity contribution in [1.29, 1.82) is 0 Å². The average molecular weight is 228 g/mol. The summed E-state index contributed by atoms with van der Waals surface area (Å²) in [5.41, 5.74) is 5.24. The van der Waals surface area contributed by atoms with Gasteiger partial charge < -0.3 is 16.0 Å². The van der Waals surface area contributed by atoms with Crippen molar-refractivity contribution < 1.29 is 9.59 Å². The van der Waals surface area contributed by atoms with Crippen LogP contribution in [0, 0.1) is 0 Å². The van der Waals surface area contributed by atoms with Gasteiger partial charge in [0.2, 0.25) is 5.91 Å². The number of amides is 3. The highest BCUT2D eigenvalue weighted by Crippen LogP contribution is 2.06. The first-order chi connectivity index (χ1) is 7.56. The Kier molecular flexibility index (Phi) is 4.54. The Morgan fingerprint density at radius 2 is 1.88 bits per heavy atom. The summed E-state index contributed by atoms with van der Waals surface area (Å²) in [5.74, 6) is -0.313. The third-order valence-corrected chi connectivity index (χ3v) is 2.89. The van der Waals surface area contributed by atoms with Crippen molar-refractivity contribution in [2.45, 2.75) is 19.9 Å². The second-order valence-corrected chi connectivity index (χ2v) is 3.94. The van der Waals surface area contributed by atoms with E-state index in [1.165, 1.54) is 0 Å². The van der Waals surface area contributed by atoms with E-state index in [1.807, 2.05) is 11.8 Å². The quantitative estimate of drug-likeness (QED) is 0.664. The van der Waals surface area contributed by atoms with Gasteiger partial charge in [0, 0.05) is 32.7 Å². The lowest BCUT2D eigenvalue weighted by molar-refractivity contribution is -0.123. The monoisotopic (exact) mass is 228 g/mol. The lowest BCUT2D eigenvalue weighted by atomic mass is 10.2. The molecule has 1 fully saturated rings. The molecule has 0 aromatic carbocycles. The predicted octanol–water partition coefficient (Wildman–Crippen LogP) is -0.793. The third-order valence-electron chi connectivity index (χ3n) is 2.89. The fourth-order valence-corrected chi connectivity index (χ4v) is 1.76. The van der Waals surface area contributed by atoms with E-state index in [2.05, 4.69) is 5.32 Å². The Hall–Kier alpha value is -1.30. The number of primary amides is 1. The molecule has 6 heteroatoms. The summed E-state index contributed by atoms with van der Waals surface area (Å²) in [5, 5.41) is 2.76. The van der Waals surface area contributed by atoms with Crippen LogP contribution in [-0.4, -0.2) is 60.5 Å². The standard InChI is InChI=1S/C10H20N4O2/c1-3-12-10(16)14-6-4-13(5-7-14)8(2)9(11)15/h8H,3-7H2,1-2H3,(H2,11,15)(H,12,16). The number of nitrogens with one attached hydrogen (secondary N) is 1. The Morgan fingerprint density at radius 3 is 2.31 bits per heavy atom. The van der Waals surface area contributed by atoms with E-state index < -0.39 is 0 Å². The van der Waals surface area contributed by atoms with Gasteiger partial charge in [0.25, 0.3) is 0 Å². The van der Waals surface area contributed by atoms with E-state index in [0.29, 0.717) is 32.7 Å². The fraction of sp³-hybridized carbons (Fsp3) is 0.800. The molecule has 0 bridgehead atoms. The molecular weight excluding hydrogens is 208 g/mol. The van der Waals surface area contributed by atoms with Crippen LogP contribution in [0.4, 0.5) is 4.79 Å². The maximum absolute atomic E-state index is 11.5. The summed E-state index contributed by atoms with van der Waals surface area (Å²) >= 11 is 0. The predicted molar refractivity (Wildman–Crippen MR) is 60.9 cm³/mol. The molecule has 1 saturated heterocycles. The minimum atomic E-state index is -0.313. The number of urea groups is 1. The first-order valence-electron chi connectivity index (χ1n) is 5.62. The van der Waals surface area contributed by atoms with E-state index in [4.69, 9.17) is 5.73 Å². The van der Waals surface area contributed by atoms with Crippen LogP contribution in [-0.2, 0) is 4.79 Å². The van der Waals surface area contributed by atoms with Crippen molar-refractivity contribution in [1.82, 2.24) is 15.1 Å². The Bertz CT molecular complexity index is 262. The molecule has 0 aliphatic carbocycles. The zero-order chi connectivity index (χ0) is 12.1. The Balaban J connectivity index is 2.39. The minimum Gasteiger partial charge on any atom is -0.368 e. The van der Waals surface area contributed by atoms with Crippen LogP contribution >= 0.6 is 0 Å². The van der Waals surface area contributed by atoms with Gasteiger partial charge >= 0.3 is 6.03 Å². The van der Waals surface area contributed by atoms with Gasteiger partial charge in [-0.3, -0.25) is 9.69 Å². The zero-order valence-electron chi connectivity index (χ0n) is 9.90. The molecule has 1 atom stereocenters. The van der Waals surface area contributed by atoms with Crippen LogP contribution in [0.2, 0.25) is 0 Å². The van der Waals surface area contributed by atoms with Crippen LogP contribution in [0.5, 0.6) is 0 Å². The fourth-order valence-electron chi connectivity index (χ4n) is 1.76. The number of hydrogen-bond donors (Lipinski definition) is 2. The van der Waals surface area contributed by atoms with Crippen molar-refractivity contribution >= 4 is 11.9 Å². The van der Waals surface area contributed by atoms with Crippen molar-refractivity contribution in [2.75, 3.05) is 32.7 Å². The smallest absolute Gasteiger partial charge is 0.317 e. The van der Waals surface area contributed by atoms with Crippen LogP contribution < -0.4 is 11.1 Å². The van der Waals surface area contributed by atoms with Gasteiger partial charge in [-0.1, -0.05) is 0 Å². The van der Waals surface area contributed by atoms with Gasteiger partial charge in [0.05, 0.1) is 6.04 Å². The number of piperazine rings is 1. The van der Waals surface area contributed by atoms with Gasteiger partial charge in [0.1, 0.15) is 0 Å². The van der Waals surface area contributed by atoms with E-state index in [1.54, 1.807) is 11.8 Å². The summed E-state index contributed by atoms with van der Waals surface area (Å²) in [6.07, 6.45) is 0. The van der Waals surface area contributed by atoms with E-state index in [-0.39, 0.29) is 18.0 Å². The topological polar surface area (TPSA) is 78.7 Å². The zero-order valence-corrected chi connectivity index (χ0v) is 9.90. The highest BCUT2D eigenvalue weighted by molar-refractivity contribution is 5.79. The number of carbonyl (C=O) groups excluding carboxylic acids is 2. The number of carbonyl (C=O) groups is 2. The van der Waals surface area contributed by atoms with E-state index in [9.17, 15) is 9.59 Å². The summed E-state index contributed by atoms with van der Waals surface area (Å²) < 4.78 is 0. The summed E-state index contributed by atoms with van der Waals surface area (Å²) in [7, 11) is 0. The second kappa shape index (κ2) is 5.69. The maximum Gasteiger partial charge on any atom is 0.317 e. The molecule has 3 amide bonds. The molecule has 92 valence electrons. The molecule has 6 nitrogen and oxygen atoms in total. The molecule has 1 rings (SSSR count). The van der Waals surface area contributed by atoms with Gasteiger partial charge in [-0.05, 0) is 13.8 Å². The van der Waals surface area contributed by atoms with E-state index >= 15 is 0 Å². The molecule has 1 aliphatic rings. The maximum atomic E-state index is 11.5. The summed E-state index contributed by atoms with van der Waals surface area (Å²) in [6, 6.07) is -0.287. The van der Waals surface area contributed by atoms with Crippen LogP contribution in [0.15, 0.2) is 0 Å². The Morgan fingerprint density at radius 1 is 1.31 bits per heavy atom. The number of hydrogen-bond acceptors (Lipinski definition) is 3. The minimum absolute atomic E-state index is 0.0334. The molecule has 3 N–H and O–H groups in total. The molecule has 0 radical (unpaired) electrons. The molecule has 1 heterocycles. The first-order valence-corrected chi connectivity index (χ1v) is 5.62. The third kappa shape index (κ3) is 3.10. The van der Waals surface area contributed by atoms with Crippen molar-refractivity contribution in [3.05, 3.63) is 0 Å². The highest BCUT2D eigenvalue weighted by Gasteiger charge is 2.25. The van der Waals surface area contributed by atoms with Crippen LogP contribution in [0.3, 0.4) is 0 Å². The molecule has 1 aliphatic heterocycles. The van der Waals surface area contributed by atoms with Gasteiger partial charge in [-0.25, -0.2) is 4.79 Å². The lowest BCUT2D eigenvalue weighted by Crippen LogP contribution is -2.55. The molecule has 0 aromatic heterocycles.